The lowest BCUT2D eigenvalue weighted by atomic mass is 9.56. The van der Waals surface area contributed by atoms with Gasteiger partial charge in [0.2, 0.25) is 0 Å². The lowest BCUT2D eigenvalue weighted by Crippen LogP contribution is -2.53. The van der Waals surface area contributed by atoms with E-state index < -0.39 is 0 Å². The van der Waals surface area contributed by atoms with Crippen molar-refractivity contribution in [2.75, 3.05) is 6.54 Å². The SMILES string of the molecule is CC(C)(C)NCC1(c2ccc(F)cc2)CC2(CC2)C1. The summed E-state index contributed by atoms with van der Waals surface area (Å²) in [5.74, 6) is -0.136. The summed E-state index contributed by atoms with van der Waals surface area (Å²) in [4.78, 5) is 0. The highest BCUT2D eigenvalue weighted by atomic mass is 19.1. The van der Waals surface area contributed by atoms with Crippen molar-refractivity contribution in [3.8, 4) is 0 Å². The maximum Gasteiger partial charge on any atom is 0.123 e. The van der Waals surface area contributed by atoms with Gasteiger partial charge in [0.25, 0.3) is 0 Å². The van der Waals surface area contributed by atoms with E-state index in [0.29, 0.717) is 5.41 Å². The number of halogens is 1. The molecule has 1 spiro atoms. The Morgan fingerprint density at radius 1 is 1.11 bits per heavy atom. The predicted octanol–water partition coefficient (Wildman–Crippen LogP) is 4.03. The third kappa shape index (κ3) is 2.55. The molecule has 0 aliphatic heterocycles. The molecule has 0 unspecified atom stereocenters. The Hall–Kier alpha value is -0.890. The number of hydrogen-bond acceptors (Lipinski definition) is 1. The summed E-state index contributed by atoms with van der Waals surface area (Å²) >= 11 is 0. The van der Waals surface area contributed by atoms with Gasteiger partial charge in [0.15, 0.2) is 0 Å². The number of benzene rings is 1. The van der Waals surface area contributed by atoms with Crippen LogP contribution in [0.4, 0.5) is 4.39 Å². The van der Waals surface area contributed by atoms with Gasteiger partial charge in [0.1, 0.15) is 5.82 Å². The Kier molecular flexibility index (Phi) is 2.79. The molecule has 2 aliphatic rings. The molecule has 0 amide bonds. The second-order valence-corrected chi connectivity index (χ2v) is 7.74. The van der Waals surface area contributed by atoms with E-state index in [-0.39, 0.29) is 16.8 Å². The summed E-state index contributed by atoms with van der Waals surface area (Å²) in [7, 11) is 0. The van der Waals surface area contributed by atoms with Crippen molar-refractivity contribution in [2.24, 2.45) is 5.41 Å². The molecule has 1 nitrogen and oxygen atoms in total. The maximum atomic E-state index is 13.1. The van der Waals surface area contributed by atoms with Crippen molar-refractivity contribution < 1.29 is 4.39 Å². The standard InChI is InChI=1S/C17H24FN/c1-15(2,3)19-12-17(10-16(11-17)8-9-16)13-4-6-14(18)7-5-13/h4-7,19H,8-12H2,1-3H3. The molecule has 19 heavy (non-hydrogen) atoms. The van der Waals surface area contributed by atoms with E-state index in [1.54, 1.807) is 12.1 Å². The van der Waals surface area contributed by atoms with E-state index in [0.717, 1.165) is 6.54 Å². The Morgan fingerprint density at radius 3 is 2.16 bits per heavy atom. The normalized spacial score (nSPS) is 23.2. The van der Waals surface area contributed by atoms with Crippen LogP contribution in [0.25, 0.3) is 0 Å². The molecule has 0 atom stereocenters. The van der Waals surface area contributed by atoms with Gasteiger partial charge in [0, 0.05) is 17.5 Å². The van der Waals surface area contributed by atoms with Gasteiger partial charge in [-0.3, -0.25) is 0 Å². The highest BCUT2D eigenvalue weighted by Gasteiger charge is 2.61. The maximum absolute atomic E-state index is 13.1. The minimum atomic E-state index is -0.136. The van der Waals surface area contributed by atoms with Crippen molar-refractivity contribution in [3.05, 3.63) is 35.6 Å². The predicted molar refractivity (Wildman–Crippen MR) is 76.7 cm³/mol. The topological polar surface area (TPSA) is 12.0 Å². The molecule has 0 heterocycles. The molecule has 1 aromatic rings. The van der Waals surface area contributed by atoms with Crippen LogP contribution in [-0.2, 0) is 5.41 Å². The second-order valence-electron chi connectivity index (χ2n) is 7.74. The lowest BCUT2D eigenvalue weighted by molar-refractivity contribution is 0.108. The molecule has 0 radical (unpaired) electrons. The van der Waals surface area contributed by atoms with Gasteiger partial charge in [-0.15, -0.1) is 0 Å². The Bertz CT molecular complexity index is 457. The molecular formula is C17H24FN. The van der Waals surface area contributed by atoms with Crippen LogP contribution in [-0.4, -0.2) is 12.1 Å². The number of hydrogen-bond donors (Lipinski definition) is 1. The highest BCUT2D eigenvalue weighted by molar-refractivity contribution is 5.34. The fourth-order valence-corrected chi connectivity index (χ4v) is 3.58. The fraction of sp³-hybridized carbons (Fsp3) is 0.647. The van der Waals surface area contributed by atoms with Crippen molar-refractivity contribution in [1.82, 2.24) is 5.32 Å². The fourth-order valence-electron chi connectivity index (χ4n) is 3.58. The summed E-state index contributed by atoms with van der Waals surface area (Å²) < 4.78 is 13.1. The Morgan fingerprint density at radius 2 is 1.68 bits per heavy atom. The van der Waals surface area contributed by atoms with Crippen LogP contribution in [0.5, 0.6) is 0 Å². The van der Waals surface area contributed by atoms with Gasteiger partial charge in [-0.25, -0.2) is 4.39 Å². The molecule has 2 heteroatoms. The average Bonchev–Trinajstić information content (AvgIpc) is 3.05. The zero-order valence-electron chi connectivity index (χ0n) is 12.2. The first kappa shape index (κ1) is 13.1. The minimum Gasteiger partial charge on any atom is -0.311 e. The van der Waals surface area contributed by atoms with E-state index in [1.807, 2.05) is 12.1 Å². The molecule has 0 bridgehead atoms. The van der Waals surface area contributed by atoms with Gasteiger partial charge in [-0.1, -0.05) is 12.1 Å². The van der Waals surface area contributed by atoms with E-state index in [1.165, 1.54) is 31.2 Å². The van der Waals surface area contributed by atoms with Crippen LogP contribution in [0.1, 0.15) is 52.0 Å². The zero-order chi connectivity index (χ0) is 13.7. The first-order chi connectivity index (χ1) is 8.83. The molecule has 1 aromatic carbocycles. The van der Waals surface area contributed by atoms with E-state index in [2.05, 4.69) is 26.1 Å². The minimum absolute atomic E-state index is 0.136. The molecule has 1 N–H and O–H groups in total. The Labute approximate surface area is 115 Å². The average molecular weight is 261 g/mol. The molecule has 2 aliphatic carbocycles. The van der Waals surface area contributed by atoms with Gasteiger partial charge in [0.05, 0.1) is 0 Å². The van der Waals surface area contributed by atoms with Crippen LogP contribution in [0.3, 0.4) is 0 Å². The van der Waals surface area contributed by atoms with Gasteiger partial charge >= 0.3 is 0 Å². The molecule has 0 aromatic heterocycles. The van der Waals surface area contributed by atoms with E-state index in [4.69, 9.17) is 0 Å². The summed E-state index contributed by atoms with van der Waals surface area (Å²) in [5, 5.41) is 3.65. The highest BCUT2D eigenvalue weighted by Crippen LogP contribution is 2.68. The van der Waals surface area contributed by atoms with Crippen molar-refractivity contribution in [1.29, 1.82) is 0 Å². The van der Waals surface area contributed by atoms with Crippen LogP contribution in [0.15, 0.2) is 24.3 Å². The van der Waals surface area contributed by atoms with Crippen molar-refractivity contribution in [3.63, 3.8) is 0 Å². The quantitative estimate of drug-likeness (QED) is 0.866. The zero-order valence-corrected chi connectivity index (χ0v) is 12.2. The lowest BCUT2D eigenvalue weighted by Gasteiger charge is -2.50. The van der Waals surface area contributed by atoms with Crippen molar-refractivity contribution in [2.45, 2.75) is 57.4 Å². The summed E-state index contributed by atoms with van der Waals surface area (Å²) in [6.07, 6.45) is 5.33. The summed E-state index contributed by atoms with van der Waals surface area (Å²) in [6.45, 7) is 7.62. The van der Waals surface area contributed by atoms with Gasteiger partial charge in [-0.05, 0) is 69.6 Å². The first-order valence-electron chi connectivity index (χ1n) is 7.34. The molecule has 2 fully saturated rings. The molecular weight excluding hydrogens is 237 g/mol. The first-order valence-corrected chi connectivity index (χ1v) is 7.34. The van der Waals surface area contributed by atoms with Crippen LogP contribution >= 0.6 is 0 Å². The van der Waals surface area contributed by atoms with E-state index in [9.17, 15) is 4.39 Å². The molecule has 0 saturated heterocycles. The van der Waals surface area contributed by atoms with Crippen LogP contribution < -0.4 is 5.32 Å². The van der Waals surface area contributed by atoms with Gasteiger partial charge < -0.3 is 5.32 Å². The monoisotopic (exact) mass is 261 g/mol. The molecule has 104 valence electrons. The third-order valence-corrected chi connectivity index (χ3v) is 4.80. The smallest absolute Gasteiger partial charge is 0.123 e. The Balaban J connectivity index is 1.79. The van der Waals surface area contributed by atoms with Gasteiger partial charge in [-0.2, -0.15) is 0 Å². The number of rotatable bonds is 3. The van der Waals surface area contributed by atoms with Crippen molar-refractivity contribution >= 4 is 0 Å². The largest absolute Gasteiger partial charge is 0.311 e. The molecule has 3 rings (SSSR count). The number of nitrogens with one attached hydrogen (secondary N) is 1. The summed E-state index contributed by atoms with van der Waals surface area (Å²) in [5.41, 5.74) is 2.33. The summed E-state index contributed by atoms with van der Waals surface area (Å²) in [6, 6.07) is 7.17. The van der Waals surface area contributed by atoms with E-state index >= 15 is 0 Å². The molecule has 2 saturated carbocycles. The second kappa shape index (κ2) is 4.05. The third-order valence-electron chi connectivity index (χ3n) is 4.80. The van der Waals surface area contributed by atoms with Crippen LogP contribution in [0, 0.1) is 11.2 Å². The van der Waals surface area contributed by atoms with Crippen LogP contribution in [0.2, 0.25) is 0 Å².